The molecule has 1 aliphatic rings. The molecule has 80 valence electrons. The molecule has 0 bridgehead atoms. The highest BCUT2D eigenvalue weighted by molar-refractivity contribution is 7.16. The molecule has 0 saturated heterocycles. The van der Waals surface area contributed by atoms with E-state index in [4.69, 9.17) is 0 Å². The molecule has 0 fully saturated rings. The van der Waals surface area contributed by atoms with Gasteiger partial charge in [-0.2, -0.15) is 0 Å². The fraction of sp³-hybridized carbons (Fsp3) is 0.154. The van der Waals surface area contributed by atoms with Crippen LogP contribution < -0.4 is 5.32 Å². The highest BCUT2D eigenvalue weighted by Gasteiger charge is 2.11. The van der Waals surface area contributed by atoms with Crippen molar-refractivity contribution in [3.8, 4) is 0 Å². The van der Waals surface area contributed by atoms with Crippen LogP contribution in [0.25, 0.3) is 0 Å². The summed E-state index contributed by atoms with van der Waals surface area (Å²) in [6.45, 7) is 2.18. The molecule has 0 atom stereocenters. The van der Waals surface area contributed by atoms with Crippen LogP contribution in [0.2, 0.25) is 0 Å². The van der Waals surface area contributed by atoms with Crippen molar-refractivity contribution in [3.05, 3.63) is 40.8 Å². The van der Waals surface area contributed by atoms with E-state index in [2.05, 4.69) is 29.4 Å². The summed E-state index contributed by atoms with van der Waals surface area (Å²) >= 11 is 1.81. The standard InChI is InChI=1S/C13H12N2S/c1-2-10-7-9-8-14-11-5-3-4-6-12(11)15-13(9)16-10/h3-8,15H,2H2,1H3. The summed E-state index contributed by atoms with van der Waals surface area (Å²) in [6, 6.07) is 10.3. The molecule has 3 rings (SSSR count). The number of para-hydroxylation sites is 2. The van der Waals surface area contributed by atoms with Crippen LogP contribution in [-0.4, -0.2) is 6.21 Å². The topological polar surface area (TPSA) is 24.4 Å². The molecule has 1 aromatic carbocycles. The first kappa shape index (κ1) is 9.60. The van der Waals surface area contributed by atoms with Crippen LogP contribution in [0.1, 0.15) is 17.4 Å². The number of hydrogen-bond donors (Lipinski definition) is 1. The van der Waals surface area contributed by atoms with Crippen LogP contribution in [0.15, 0.2) is 35.3 Å². The molecule has 2 aromatic rings. The number of nitrogens with zero attached hydrogens (tertiary/aromatic N) is 1. The fourth-order valence-electron chi connectivity index (χ4n) is 1.78. The van der Waals surface area contributed by atoms with E-state index in [9.17, 15) is 0 Å². The molecule has 0 amide bonds. The Labute approximate surface area is 98.7 Å². The van der Waals surface area contributed by atoms with E-state index in [0.717, 1.165) is 17.8 Å². The zero-order chi connectivity index (χ0) is 11.0. The summed E-state index contributed by atoms with van der Waals surface area (Å²) in [5.74, 6) is 0. The van der Waals surface area contributed by atoms with Gasteiger partial charge in [-0.3, -0.25) is 4.99 Å². The smallest absolute Gasteiger partial charge is 0.102 e. The Bertz CT molecular complexity index is 555. The van der Waals surface area contributed by atoms with Crippen molar-refractivity contribution in [2.75, 3.05) is 5.32 Å². The molecule has 1 aliphatic heterocycles. The number of thiophene rings is 1. The average Bonchev–Trinajstić information content (AvgIpc) is 2.63. The molecule has 0 spiro atoms. The zero-order valence-corrected chi connectivity index (χ0v) is 9.84. The number of anilines is 2. The van der Waals surface area contributed by atoms with E-state index in [1.807, 2.05) is 35.8 Å². The fourth-order valence-corrected chi connectivity index (χ4v) is 2.76. The Balaban J connectivity index is 2.10. The molecule has 0 aliphatic carbocycles. The third kappa shape index (κ3) is 1.53. The van der Waals surface area contributed by atoms with Crippen LogP contribution in [0.5, 0.6) is 0 Å². The highest BCUT2D eigenvalue weighted by Crippen LogP contribution is 2.36. The van der Waals surface area contributed by atoms with Gasteiger partial charge in [-0.1, -0.05) is 19.1 Å². The van der Waals surface area contributed by atoms with E-state index >= 15 is 0 Å². The Hall–Kier alpha value is -1.61. The molecule has 3 heteroatoms. The Kier molecular flexibility index (Phi) is 2.26. The van der Waals surface area contributed by atoms with Gasteiger partial charge in [0.2, 0.25) is 0 Å². The van der Waals surface area contributed by atoms with E-state index in [-0.39, 0.29) is 0 Å². The van der Waals surface area contributed by atoms with Crippen LogP contribution in [0, 0.1) is 0 Å². The second-order valence-electron chi connectivity index (χ2n) is 3.75. The number of aryl methyl sites for hydroxylation is 1. The van der Waals surface area contributed by atoms with Crippen molar-refractivity contribution >= 4 is 33.9 Å². The van der Waals surface area contributed by atoms with Crippen LogP contribution >= 0.6 is 11.3 Å². The van der Waals surface area contributed by atoms with Crippen LogP contribution in [0.3, 0.4) is 0 Å². The van der Waals surface area contributed by atoms with Crippen molar-refractivity contribution in [2.45, 2.75) is 13.3 Å². The lowest BCUT2D eigenvalue weighted by molar-refractivity contribution is 1.19. The number of fused-ring (bicyclic) bond motifs is 2. The summed E-state index contributed by atoms with van der Waals surface area (Å²) in [6.07, 6.45) is 3.03. The normalized spacial score (nSPS) is 12.6. The van der Waals surface area contributed by atoms with Crippen LogP contribution in [-0.2, 0) is 6.42 Å². The van der Waals surface area contributed by atoms with E-state index in [1.165, 1.54) is 15.4 Å². The molecule has 16 heavy (non-hydrogen) atoms. The van der Waals surface area contributed by atoms with Gasteiger partial charge >= 0.3 is 0 Å². The minimum atomic E-state index is 1.00. The largest absolute Gasteiger partial charge is 0.345 e. The molecule has 0 unspecified atom stereocenters. The number of rotatable bonds is 1. The first-order chi connectivity index (χ1) is 7.86. The Morgan fingerprint density at radius 3 is 3.06 bits per heavy atom. The number of aliphatic imine (C=N–C) groups is 1. The molecule has 0 saturated carbocycles. The number of nitrogens with one attached hydrogen (secondary N) is 1. The Morgan fingerprint density at radius 2 is 2.19 bits per heavy atom. The number of hydrogen-bond acceptors (Lipinski definition) is 3. The van der Waals surface area contributed by atoms with Gasteiger partial charge in [0.15, 0.2) is 0 Å². The van der Waals surface area contributed by atoms with Crippen molar-refractivity contribution in [3.63, 3.8) is 0 Å². The molecule has 0 radical (unpaired) electrons. The predicted octanol–water partition coefficient (Wildman–Crippen LogP) is 4.12. The van der Waals surface area contributed by atoms with Gasteiger partial charge < -0.3 is 5.32 Å². The maximum atomic E-state index is 4.49. The molecule has 1 N–H and O–H groups in total. The molecule has 1 aromatic heterocycles. The summed E-state index contributed by atoms with van der Waals surface area (Å²) in [5.41, 5.74) is 3.28. The minimum Gasteiger partial charge on any atom is -0.345 e. The predicted molar refractivity (Wildman–Crippen MR) is 70.7 cm³/mol. The van der Waals surface area contributed by atoms with E-state index < -0.39 is 0 Å². The zero-order valence-electron chi connectivity index (χ0n) is 9.03. The van der Waals surface area contributed by atoms with Gasteiger partial charge in [0.1, 0.15) is 5.00 Å². The third-order valence-electron chi connectivity index (χ3n) is 2.66. The SMILES string of the molecule is CCc1cc2c(s1)Nc1ccccc1N=C2. The average molecular weight is 228 g/mol. The maximum absolute atomic E-state index is 4.49. The Morgan fingerprint density at radius 1 is 1.31 bits per heavy atom. The number of benzene rings is 1. The molecular formula is C13H12N2S. The monoisotopic (exact) mass is 228 g/mol. The molecular weight excluding hydrogens is 216 g/mol. The van der Waals surface area contributed by atoms with Crippen molar-refractivity contribution in [2.24, 2.45) is 4.99 Å². The summed E-state index contributed by atoms with van der Waals surface area (Å²) in [4.78, 5) is 5.89. The lowest BCUT2D eigenvalue weighted by Gasteiger charge is -2.04. The molecule has 2 heterocycles. The van der Waals surface area contributed by atoms with Crippen molar-refractivity contribution in [1.29, 1.82) is 0 Å². The van der Waals surface area contributed by atoms with E-state index in [0.29, 0.717) is 0 Å². The molecule has 2 nitrogen and oxygen atoms in total. The first-order valence-electron chi connectivity index (χ1n) is 5.39. The van der Waals surface area contributed by atoms with Gasteiger partial charge in [0.25, 0.3) is 0 Å². The van der Waals surface area contributed by atoms with Gasteiger partial charge in [-0.15, -0.1) is 11.3 Å². The second-order valence-corrected chi connectivity index (χ2v) is 4.89. The van der Waals surface area contributed by atoms with Gasteiger partial charge in [0, 0.05) is 16.7 Å². The highest BCUT2D eigenvalue weighted by atomic mass is 32.1. The minimum absolute atomic E-state index is 1.00. The first-order valence-corrected chi connectivity index (χ1v) is 6.21. The quantitative estimate of drug-likeness (QED) is 0.665. The summed E-state index contributed by atoms with van der Waals surface area (Å²) < 4.78 is 0. The van der Waals surface area contributed by atoms with E-state index in [1.54, 1.807) is 0 Å². The van der Waals surface area contributed by atoms with Crippen molar-refractivity contribution < 1.29 is 0 Å². The lowest BCUT2D eigenvalue weighted by atomic mass is 10.3. The van der Waals surface area contributed by atoms with Gasteiger partial charge in [0.05, 0.1) is 11.4 Å². The summed E-state index contributed by atoms with van der Waals surface area (Å²) in [5, 5.41) is 4.65. The van der Waals surface area contributed by atoms with Gasteiger partial charge in [-0.25, -0.2) is 0 Å². The maximum Gasteiger partial charge on any atom is 0.102 e. The summed E-state index contributed by atoms with van der Waals surface area (Å²) in [7, 11) is 0. The van der Waals surface area contributed by atoms with Crippen molar-refractivity contribution in [1.82, 2.24) is 0 Å². The third-order valence-corrected chi connectivity index (χ3v) is 3.87. The van der Waals surface area contributed by atoms with Gasteiger partial charge in [-0.05, 0) is 24.6 Å². The lowest BCUT2D eigenvalue weighted by Crippen LogP contribution is -1.87. The van der Waals surface area contributed by atoms with Crippen LogP contribution in [0.4, 0.5) is 16.4 Å². The second kappa shape index (κ2) is 3.76.